The van der Waals surface area contributed by atoms with E-state index >= 15 is 0 Å². The Bertz CT molecular complexity index is 421. The van der Waals surface area contributed by atoms with Crippen LogP contribution in [-0.4, -0.2) is 43.7 Å². The highest BCUT2D eigenvalue weighted by Crippen LogP contribution is 2.33. The summed E-state index contributed by atoms with van der Waals surface area (Å²) in [4.78, 5) is 5.17. The van der Waals surface area contributed by atoms with Gasteiger partial charge in [0.1, 0.15) is 5.75 Å². The molecule has 2 atom stereocenters. The smallest absolute Gasteiger partial charge is 0.142 e. The Labute approximate surface area is 109 Å². The second-order valence-electron chi connectivity index (χ2n) is 5.46. The minimum absolute atomic E-state index is 0.565. The Morgan fingerprint density at radius 1 is 1.22 bits per heavy atom. The number of fused-ring (bicyclic) bond motifs is 1. The van der Waals surface area contributed by atoms with E-state index in [0.29, 0.717) is 6.04 Å². The number of rotatable bonds is 2. The Morgan fingerprint density at radius 2 is 2.06 bits per heavy atom. The van der Waals surface area contributed by atoms with E-state index in [1.54, 1.807) is 7.11 Å². The lowest BCUT2D eigenvalue weighted by atomic mass is 10.1. The minimum Gasteiger partial charge on any atom is -0.495 e. The largest absolute Gasteiger partial charge is 0.495 e. The van der Waals surface area contributed by atoms with Crippen LogP contribution in [0.4, 0.5) is 5.69 Å². The second-order valence-corrected chi connectivity index (χ2v) is 5.46. The van der Waals surface area contributed by atoms with Gasteiger partial charge in [-0.2, -0.15) is 0 Å². The molecule has 2 saturated heterocycles. The first-order valence-corrected chi connectivity index (χ1v) is 6.93. The zero-order valence-electron chi connectivity index (χ0n) is 11.3. The summed E-state index contributed by atoms with van der Waals surface area (Å²) in [6.45, 7) is 5.93. The first-order valence-electron chi connectivity index (χ1n) is 6.93. The van der Waals surface area contributed by atoms with Crippen LogP contribution < -0.4 is 9.64 Å². The topological polar surface area (TPSA) is 15.7 Å². The molecule has 98 valence electrons. The Balaban J connectivity index is 1.86. The number of anilines is 1. The van der Waals surface area contributed by atoms with Crippen molar-refractivity contribution in [3.63, 3.8) is 0 Å². The summed E-state index contributed by atoms with van der Waals surface area (Å²) in [5.41, 5.74) is 1.25. The van der Waals surface area contributed by atoms with Crippen molar-refractivity contribution in [3.8, 4) is 5.75 Å². The molecule has 3 rings (SSSR count). The van der Waals surface area contributed by atoms with Crippen molar-refractivity contribution in [2.24, 2.45) is 0 Å². The molecular weight excluding hydrogens is 224 g/mol. The Kier molecular flexibility index (Phi) is 3.16. The zero-order chi connectivity index (χ0) is 12.5. The Hall–Kier alpha value is -1.22. The normalized spacial score (nSPS) is 28.2. The van der Waals surface area contributed by atoms with Gasteiger partial charge in [0.2, 0.25) is 0 Å². The molecule has 1 aromatic rings. The van der Waals surface area contributed by atoms with Crippen molar-refractivity contribution in [1.82, 2.24) is 4.90 Å². The summed E-state index contributed by atoms with van der Waals surface area (Å²) in [6.07, 6.45) is 2.70. The van der Waals surface area contributed by atoms with Gasteiger partial charge in [0.25, 0.3) is 0 Å². The van der Waals surface area contributed by atoms with Crippen LogP contribution in [0.2, 0.25) is 0 Å². The molecule has 18 heavy (non-hydrogen) atoms. The molecule has 0 N–H and O–H groups in total. The molecule has 0 saturated carbocycles. The van der Waals surface area contributed by atoms with E-state index < -0.39 is 0 Å². The van der Waals surface area contributed by atoms with Crippen LogP contribution in [0.25, 0.3) is 0 Å². The summed E-state index contributed by atoms with van der Waals surface area (Å²) in [5, 5.41) is 0. The average Bonchev–Trinajstić information content (AvgIpc) is 2.84. The van der Waals surface area contributed by atoms with E-state index in [9.17, 15) is 0 Å². The molecule has 2 fully saturated rings. The molecule has 2 aliphatic heterocycles. The van der Waals surface area contributed by atoms with Gasteiger partial charge in [-0.25, -0.2) is 0 Å². The highest BCUT2D eigenvalue weighted by molar-refractivity contribution is 5.59. The van der Waals surface area contributed by atoms with Crippen LogP contribution in [0.3, 0.4) is 0 Å². The lowest BCUT2D eigenvalue weighted by Crippen LogP contribution is -2.55. The van der Waals surface area contributed by atoms with E-state index in [1.807, 2.05) is 6.07 Å². The van der Waals surface area contributed by atoms with Crippen LogP contribution in [0.5, 0.6) is 5.75 Å². The quantitative estimate of drug-likeness (QED) is 0.797. The molecule has 2 unspecified atom stereocenters. The summed E-state index contributed by atoms with van der Waals surface area (Å²) in [6, 6.07) is 9.69. The molecule has 3 heteroatoms. The van der Waals surface area contributed by atoms with Gasteiger partial charge in [0, 0.05) is 25.2 Å². The molecule has 0 spiro atoms. The predicted molar refractivity (Wildman–Crippen MR) is 74.4 cm³/mol. The summed E-state index contributed by atoms with van der Waals surface area (Å²) >= 11 is 0. The molecule has 1 aromatic carbocycles. The van der Waals surface area contributed by atoms with E-state index in [2.05, 4.69) is 34.9 Å². The van der Waals surface area contributed by atoms with E-state index in [1.165, 1.54) is 31.6 Å². The summed E-state index contributed by atoms with van der Waals surface area (Å²) < 4.78 is 5.50. The molecule has 2 heterocycles. The third kappa shape index (κ3) is 1.97. The van der Waals surface area contributed by atoms with Crippen molar-refractivity contribution in [2.45, 2.75) is 31.8 Å². The van der Waals surface area contributed by atoms with Gasteiger partial charge in [-0.3, -0.25) is 4.90 Å². The van der Waals surface area contributed by atoms with Crippen LogP contribution in [0.1, 0.15) is 19.8 Å². The standard InChI is InChI=1S/C15H22N2O/c1-12-10-16-9-5-6-13(16)11-17(12)14-7-3-4-8-15(14)18-2/h3-4,7-8,12-13H,5-6,9-11H2,1-2H3. The highest BCUT2D eigenvalue weighted by Gasteiger charge is 2.35. The number of hydrogen-bond acceptors (Lipinski definition) is 3. The monoisotopic (exact) mass is 246 g/mol. The van der Waals surface area contributed by atoms with Crippen LogP contribution in [0.15, 0.2) is 24.3 Å². The van der Waals surface area contributed by atoms with Crippen molar-refractivity contribution in [3.05, 3.63) is 24.3 Å². The number of hydrogen-bond donors (Lipinski definition) is 0. The minimum atomic E-state index is 0.565. The SMILES string of the molecule is COc1ccccc1N1CC2CCCN2CC1C. The second kappa shape index (κ2) is 4.81. The van der Waals surface area contributed by atoms with Gasteiger partial charge >= 0.3 is 0 Å². The summed E-state index contributed by atoms with van der Waals surface area (Å²) in [7, 11) is 1.76. The van der Waals surface area contributed by atoms with Crippen LogP contribution >= 0.6 is 0 Å². The van der Waals surface area contributed by atoms with Crippen molar-refractivity contribution >= 4 is 5.69 Å². The van der Waals surface area contributed by atoms with Crippen LogP contribution in [0, 0.1) is 0 Å². The van der Waals surface area contributed by atoms with E-state index in [-0.39, 0.29) is 0 Å². The maximum absolute atomic E-state index is 5.50. The number of methoxy groups -OCH3 is 1. The first kappa shape index (κ1) is 11.8. The maximum atomic E-state index is 5.50. The van der Waals surface area contributed by atoms with Gasteiger partial charge in [0.15, 0.2) is 0 Å². The number of nitrogens with zero attached hydrogens (tertiary/aromatic N) is 2. The highest BCUT2D eigenvalue weighted by atomic mass is 16.5. The fourth-order valence-electron chi connectivity index (χ4n) is 3.39. The van der Waals surface area contributed by atoms with E-state index in [0.717, 1.165) is 18.3 Å². The molecule has 0 aromatic heterocycles. The Morgan fingerprint density at radius 3 is 2.89 bits per heavy atom. The predicted octanol–water partition coefficient (Wildman–Crippen LogP) is 2.37. The molecule has 0 radical (unpaired) electrons. The number of benzene rings is 1. The zero-order valence-corrected chi connectivity index (χ0v) is 11.3. The molecular formula is C15H22N2O. The third-order valence-electron chi connectivity index (χ3n) is 4.33. The van der Waals surface area contributed by atoms with Crippen molar-refractivity contribution in [1.29, 1.82) is 0 Å². The van der Waals surface area contributed by atoms with Gasteiger partial charge in [-0.1, -0.05) is 12.1 Å². The van der Waals surface area contributed by atoms with Crippen LogP contribution in [-0.2, 0) is 0 Å². The molecule has 3 nitrogen and oxygen atoms in total. The fourth-order valence-corrected chi connectivity index (χ4v) is 3.39. The first-order chi connectivity index (χ1) is 8.79. The van der Waals surface area contributed by atoms with Gasteiger partial charge in [-0.15, -0.1) is 0 Å². The molecule has 2 aliphatic rings. The number of ether oxygens (including phenoxy) is 1. The number of para-hydroxylation sites is 2. The van der Waals surface area contributed by atoms with Gasteiger partial charge in [-0.05, 0) is 38.4 Å². The average molecular weight is 246 g/mol. The van der Waals surface area contributed by atoms with Gasteiger partial charge in [0.05, 0.1) is 12.8 Å². The van der Waals surface area contributed by atoms with Gasteiger partial charge < -0.3 is 9.64 Å². The maximum Gasteiger partial charge on any atom is 0.142 e. The fraction of sp³-hybridized carbons (Fsp3) is 0.600. The summed E-state index contributed by atoms with van der Waals surface area (Å²) in [5.74, 6) is 0.996. The van der Waals surface area contributed by atoms with E-state index in [4.69, 9.17) is 4.74 Å². The molecule has 0 bridgehead atoms. The lowest BCUT2D eigenvalue weighted by Gasteiger charge is -2.44. The molecule has 0 amide bonds. The van der Waals surface area contributed by atoms with Crippen molar-refractivity contribution < 1.29 is 4.74 Å². The van der Waals surface area contributed by atoms with Crippen molar-refractivity contribution in [2.75, 3.05) is 31.6 Å². The number of piperazine rings is 1. The lowest BCUT2D eigenvalue weighted by molar-refractivity contribution is 0.202. The third-order valence-corrected chi connectivity index (χ3v) is 4.33. The molecule has 0 aliphatic carbocycles.